The third-order valence-corrected chi connectivity index (χ3v) is 5.90. The second-order valence-electron chi connectivity index (χ2n) is 7.61. The SMILES string of the molecule is CCN(CC)CCN1C(=O)C(=O)C(=C(O)c2ccc(OC)cc2C)[C@@H]1c1ccccc1. The summed E-state index contributed by atoms with van der Waals surface area (Å²) in [6.45, 7) is 8.77. The van der Waals surface area contributed by atoms with Gasteiger partial charge in [-0.3, -0.25) is 9.59 Å². The first-order valence-electron chi connectivity index (χ1n) is 10.6. The second-order valence-corrected chi connectivity index (χ2v) is 7.61. The van der Waals surface area contributed by atoms with E-state index in [2.05, 4.69) is 18.7 Å². The fourth-order valence-electron chi connectivity index (χ4n) is 4.06. The van der Waals surface area contributed by atoms with E-state index in [1.807, 2.05) is 37.3 Å². The molecule has 1 saturated heterocycles. The van der Waals surface area contributed by atoms with E-state index in [1.54, 1.807) is 30.2 Å². The summed E-state index contributed by atoms with van der Waals surface area (Å²) in [5.74, 6) is -0.721. The van der Waals surface area contributed by atoms with E-state index in [4.69, 9.17) is 4.74 Å². The fraction of sp³-hybridized carbons (Fsp3) is 0.360. The van der Waals surface area contributed by atoms with E-state index in [0.717, 1.165) is 24.2 Å². The van der Waals surface area contributed by atoms with Crippen LogP contribution in [0.25, 0.3) is 5.76 Å². The van der Waals surface area contributed by atoms with E-state index in [9.17, 15) is 14.7 Å². The molecule has 3 rings (SSSR count). The van der Waals surface area contributed by atoms with Crippen molar-refractivity contribution in [1.82, 2.24) is 9.80 Å². The molecule has 1 aliphatic heterocycles. The number of aliphatic hydroxyl groups excluding tert-OH is 1. The van der Waals surface area contributed by atoms with Crippen molar-refractivity contribution >= 4 is 17.4 Å². The Hall–Kier alpha value is -3.12. The van der Waals surface area contributed by atoms with Crippen LogP contribution in [0.15, 0.2) is 54.1 Å². The molecule has 0 aliphatic carbocycles. The van der Waals surface area contributed by atoms with Crippen LogP contribution in [0.3, 0.4) is 0 Å². The second kappa shape index (κ2) is 9.79. The topological polar surface area (TPSA) is 70.1 Å². The van der Waals surface area contributed by atoms with Gasteiger partial charge in [0.15, 0.2) is 0 Å². The number of likely N-dealkylation sites (tertiary alicyclic amines) is 1. The first-order valence-corrected chi connectivity index (χ1v) is 10.6. The van der Waals surface area contributed by atoms with Crippen LogP contribution in [0.1, 0.15) is 36.6 Å². The number of carbonyl (C=O) groups excluding carboxylic acids is 2. The summed E-state index contributed by atoms with van der Waals surface area (Å²) >= 11 is 0. The van der Waals surface area contributed by atoms with Gasteiger partial charge in [0.25, 0.3) is 11.7 Å². The molecule has 1 atom stereocenters. The average molecular weight is 423 g/mol. The molecule has 6 heteroatoms. The van der Waals surface area contributed by atoms with Crippen LogP contribution in [-0.4, -0.2) is 59.9 Å². The first kappa shape index (κ1) is 22.6. The summed E-state index contributed by atoms with van der Waals surface area (Å²) in [6, 6.07) is 14.0. The minimum absolute atomic E-state index is 0.129. The zero-order chi connectivity index (χ0) is 22.5. The van der Waals surface area contributed by atoms with Gasteiger partial charge in [0, 0.05) is 18.7 Å². The summed E-state index contributed by atoms with van der Waals surface area (Å²) in [7, 11) is 1.57. The molecule has 0 aromatic heterocycles. The quantitative estimate of drug-likeness (QED) is 0.398. The van der Waals surface area contributed by atoms with Crippen molar-refractivity contribution in [2.24, 2.45) is 0 Å². The monoisotopic (exact) mass is 422 g/mol. The van der Waals surface area contributed by atoms with Crippen LogP contribution in [0.5, 0.6) is 5.75 Å². The molecule has 1 fully saturated rings. The van der Waals surface area contributed by atoms with Crippen molar-refractivity contribution in [3.63, 3.8) is 0 Å². The Morgan fingerprint density at radius 3 is 2.35 bits per heavy atom. The molecule has 1 heterocycles. The lowest BCUT2D eigenvalue weighted by molar-refractivity contribution is -0.140. The Labute approximate surface area is 183 Å². The number of ether oxygens (including phenoxy) is 1. The first-order chi connectivity index (χ1) is 14.9. The Morgan fingerprint density at radius 1 is 1.10 bits per heavy atom. The normalized spacial score (nSPS) is 18.1. The Morgan fingerprint density at radius 2 is 1.77 bits per heavy atom. The molecule has 0 spiro atoms. The van der Waals surface area contributed by atoms with E-state index >= 15 is 0 Å². The molecule has 6 nitrogen and oxygen atoms in total. The minimum atomic E-state index is -0.652. The summed E-state index contributed by atoms with van der Waals surface area (Å²) in [6.07, 6.45) is 0. The number of nitrogens with zero attached hydrogens (tertiary/aromatic N) is 2. The zero-order valence-electron chi connectivity index (χ0n) is 18.6. The molecular formula is C25H30N2O4. The number of aryl methyl sites for hydroxylation is 1. The van der Waals surface area contributed by atoms with Gasteiger partial charge in [-0.15, -0.1) is 0 Å². The molecule has 0 radical (unpaired) electrons. The van der Waals surface area contributed by atoms with E-state index in [-0.39, 0.29) is 11.3 Å². The maximum Gasteiger partial charge on any atom is 0.295 e. The van der Waals surface area contributed by atoms with Gasteiger partial charge in [-0.05, 0) is 49.3 Å². The molecule has 1 amide bonds. The van der Waals surface area contributed by atoms with E-state index in [0.29, 0.717) is 24.4 Å². The van der Waals surface area contributed by atoms with E-state index in [1.165, 1.54) is 0 Å². The number of aliphatic hydroxyl groups is 1. The van der Waals surface area contributed by atoms with Gasteiger partial charge in [-0.2, -0.15) is 0 Å². The summed E-state index contributed by atoms with van der Waals surface area (Å²) in [5.41, 5.74) is 2.21. The molecular weight excluding hydrogens is 392 g/mol. The van der Waals surface area contributed by atoms with Gasteiger partial charge in [0.05, 0.1) is 18.7 Å². The number of benzene rings is 2. The maximum atomic E-state index is 13.1. The molecule has 2 aromatic rings. The van der Waals surface area contributed by atoms with Gasteiger partial charge in [-0.1, -0.05) is 44.2 Å². The Balaban J connectivity index is 2.10. The van der Waals surface area contributed by atoms with Crippen LogP contribution < -0.4 is 4.74 Å². The minimum Gasteiger partial charge on any atom is -0.507 e. The molecule has 0 unspecified atom stereocenters. The third-order valence-electron chi connectivity index (χ3n) is 5.90. The number of hydrogen-bond acceptors (Lipinski definition) is 5. The van der Waals surface area contributed by atoms with Crippen molar-refractivity contribution in [3.8, 4) is 5.75 Å². The number of hydrogen-bond donors (Lipinski definition) is 1. The van der Waals surface area contributed by atoms with Gasteiger partial charge in [0.1, 0.15) is 11.5 Å². The third kappa shape index (κ3) is 4.49. The molecule has 1 N–H and O–H groups in total. The highest BCUT2D eigenvalue weighted by atomic mass is 16.5. The van der Waals surface area contributed by atoms with Crippen molar-refractivity contribution in [3.05, 3.63) is 70.8 Å². The standard InChI is InChI=1S/C25H30N2O4/c1-5-26(6-2)14-15-27-22(18-10-8-7-9-11-18)21(24(29)25(27)30)23(28)20-13-12-19(31-4)16-17(20)3/h7-13,16,22,28H,5-6,14-15H2,1-4H3/t22-/m0/s1. The number of methoxy groups -OCH3 is 1. The zero-order valence-corrected chi connectivity index (χ0v) is 18.6. The van der Waals surface area contributed by atoms with Gasteiger partial charge >= 0.3 is 0 Å². The Kier molecular flexibility index (Phi) is 7.13. The Bertz CT molecular complexity index is 980. The number of likely N-dealkylation sites (N-methyl/N-ethyl adjacent to an activating group) is 1. The number of carbonyl (C=O) groups is 2. The van der Waals surface area contributed by atoms with Crippen molar-refractivity contribution in [2.45, 2.75) is 26.8 Å². The van der Waals surface area contributed by atoms with Crippen molar-refractivity contribution in [1.29, 1.82) is 0 Å². The molecule has 31 heavy (non-hydrogen) atoms. The molecule has 0 bridgehead atoms. The summed E-state index contributed by atoms with van der Waals surface area (Å²) in [4.78, 5) is 29.9. The van der Waals surface area contributed by atoms with Crippen molar-refractivity contribution < 1.29 is 19.4 Å². The number of rotatable bonds is 8. The highest BCUT2D eigenvalue weighted by Crippen LogP contribution is 2.39. The molecule has 0 saturated carbocycles. The van der Waals surface area contributed by atoms with Gasteiger partial charge in [0.2, 0.25) is 0 Å². The number of Topliss-reactive ketones (excluding diaryl/α,β-unsaturated/α-hetero) is 1. The maximum absolute atomic E-state index is 13.1. The summed E-state index contributed by atoms with van der Waals surface area (Å²) in [5, 5.41) is 11.2. The van der Waals surface area contributed by atoms with Crippen LogP contribution in [0, 0.1) is 6.92 Å². The largest absolute Gasteiger partial charge is 0.507 e. The lowest BCUT2D eigenvalue weighted by atomic mass is 9.94. The predicted molar refractivity (Wildman–Crippen MR) is 121 cm³/mol. The molecule has 2 aromatic carbocycles. The predicted octanol–water partition coefficient (Wildman–Crippen LogP) is 3.77. The highest BCUT2D eigenvalue weighted by molar-refractivity contribution is 6.46. The number of ketones is 1. The lowest BCUT2D eigenvalue weighted by Gasteiger charge is -2.28. The highest BCUT2D eigenvalue weighted by Gasteiger charge is 2.46. The fourth-order valence-corrected chi connectivity index (χ4v) is 4.06. The van der Waals surface area contributed by atoms with Crippen LogP contribution in [0.2, 0.25) is 0 Å². The smallest absolute Gasteiger partial charge is 0.295 e. The average Bonchev–Trinajstić information content (AvgIpc) is 3.04. The lowest BCUT2D eigenvalue weighted by Crippen LogP contribution is -2.38. The molecule has 164 valence electrons. The number of amides is 1. The van der Waals surface area contributed by atoms with Crippen LogP contribution in [-0.2, 0) is 9.59 Å². The van der Waals surface area contributed by atoms with Crippen molar-refractivity contribution in [2.75, 3.05) is 33.3 Å². The van der Waals surface area contributed by atoms with Gasteiger partial charge < -0.3 is 19.6 Å². The van der Waals surface area contributed by atoms with Crippen LogP contribution in [0.4, 0.5) is 0 Å². The van der Waals surface area contributed by atoms with E-state index < -0.39 is 17.7 Å². The summed E-state index contributed by atoms with van der Waals surface area (Å²) < 4.78 is 5.24. The van der Waals surface area contributed by atoms with Crippen LogP contribution >= 0.6 is 0 Å². The van der Waals surface area contributed by atoms with Gasteiger partial charge in [-0.25, -0.2) is 0 Å². The molecule has 1 aliphatic rings.